The Hall–Kier alpha value is -1.90. The van der Waals surface area contributed by atoms with E-state index in [1.807, 2.05) is 0 Å². The number of ether oxygens (including phenoxy) is 1. The van der Waals surface area contributed by atoms with Gasteiger partial charge >= 0.3 is 12.1 Å². The Bertz CT molecular complexity index is 827. The fourth-order valence-corrected chi connectivity index (χ4v) is 4.42. The lowest BCUT2D eigenvalue weighted by molar-refractivity contribution is -0.184. The Morgan fingerprint density at radius 1 is 1.23 bits per heavy atom. The Labute approximate surface area is 152 Å². The van der Waals surface area contributed by atoms with E-state index in [0.29, 0.717) is 40.3 Å². The maximum absolute atomic E-state index is 12.8. The number of thiophene rings is 1. The molecular formula is C17H19F3N2O3S. The van der Waals surface area contributed by atoms with Gasteiger partial charge in [0.05, 0.1) is 17.9 Å². The highest BCUT2D eigenvalue weighted by molar-refractivity contribution is 7.20. The first-order valence-electron chi connectivity index (χ1n) is 8.37. The SMILES string of the molecule is Cc1nc(OCC2CCC(C(F)(F)F)CC2)c2c(C)c(C(=O)O)sc2n1. The lowest BCUT2D eigenvalue weighted by Gasteiger charge is -2.29. The van der Waals surface area contributed by atoms with Gasteiger partial charge in [-0.25, -0.2) is 9.78 Å². The molecule has 1 aliphatic carbocycles. The quantitative estimate of drug-likeness (QED) is 0.818. The van der Waals surface area contributed by atoms with E-state index in [0.717, 1.165) is 11.3 Å². The highest BCUT2D eigenvalue weighted by Crippen LogP contribution is 2.40. The average molecular weight is 388 g/mol. The second-order valence-electron chi connectivity index (χ2n) is 6.69. The number of hydrogen-bond acceptors (Lipinski definition) is 5. The predicted molar refractivity (Wildman–Crippen MR) is 90.8 cm³/mol. The number of carboxylic acid groups (broad SMARTS) is 1. The first-order chi connectivity index (χ1) is 12.2. The minimum Gasteiger partial charge on any atom is -0.477 e. The minimum atomic E-state index is -4.12. The lowest BCUT2D eigenvalue weighted by Crippen LogP contribution is -2.29. The topological polar surface area (TPSA) is 72.3 Å². The maximum Gasteiger partial charge on any atom is 0.391 e. The van der Waals surface area contributed by atoms with Crippen molar-refractivity contribution in [1.82, 2.24) is 9.97 Å². The van der Waals surface area contributed by atoms with Gasteiger partial charge in [-0.2, -0.15) is 18.2 Å². The van der Waals surface area contributed by atoms with Crippen LogP contribution in [-0.4, -0.2) is 33.8 Å². The molecule has 26 heavy (non-hydrogen) atoms. The fourth-order valence-electron chi connectivity index (χ4n) is 3.37. The zero-order chi connectivity index (χ0) is 19.1. The van der Waals surface area contributed by atoms with E-state index in [9.17, 15) is 23.1 Å². The molecule has 0 amide bonds. The van der Waals surface area contributed by atoms with Gasteiger partial charge in [0.25, 0.3) is 0 Å². The van der Waals surface area contributed by atoms with Crippen LogP contribution in [0.4, 0.5) is 13.2 Å². The molecule has 9 heteroatoms. The van der Waals surface area contributed by atoms with Crippen LogP contribution in [0.5, 0.6) is 5.88 Å². The molecule has 1 aliphatic rings. The molecule has 0 atom stereocenters. The van der Waals surface area contributed by atoms with Crippen molar-refractivity contribution in [3.63, 3.8) is 0 Å². The van der Waals surface area contributed by atoms with Crippen molar-refractivity contribution in [2.75, 3.05) is 6.61 Å². The molecule has 0 unspecified atom stereocenters. The third-order valence-corrected chi connectivity index (χ3v) is 6.00. The van der Waals surface area contributed by atoms with Gasteiger partial charge in [0, 0.05) is 0 Å². The molecule has 0 bridgehead atoms. The molecule has 5 nitrogen and oxygen atoms in total. The summed E-state index contributed by atoms with van der Waals surface area (Å²) < 4.78 is 44.1. The molecule has 1 N–H and O–H groups in total. The molecule has 0 aliphatic heterocycles. The first-order valence-corrected chi connectivity index (χ1v) is 9.19. The summed E-state index contributed by atoms with van der Waals surface area (Å²) in [5, 5.41) is 9.85. The third-order valence-electron chi connectivity index (χ3n) is 4.83. The van der Waals surface area contributed by atoms with Gasteiger partial charge in [0.1, 0.15) is 15.5 Å². The number of carbonyl (C=O) groups is 1. The zero-order valence-corrected chi connectivity index (χ0v) is 15.2. The molecule has 2 aromatic rings. The normalized spacial score (nSPS) is 21.1. The van der Waals surface area contributed by atoms with Crippen molar-refractivity contribution in [3.05, 3.63) is 16.3 Å². The van der Waals surface area contributed by atoms with Crippen molar-refractivity contribution in [1.29, 1.82) is 0 Å². The highest BCUT2D eigenvalue weighted by atomic mass is 32.1. The van der Waals surface area contributed by atoms with Crippen molar-refractivity contribution in [2.24, 2.45) is 11.8 Å². The number of nitrogens with zero attached hydrogens (tertiary/aromatic N) is 2. The molecule has 1 fully saturated rings. The van der Waals surface area contributed by atoms with Crippen LogP contribution in [0.25, 0.3) is 10.2 Å². The van der Waals surface area contributed by atoms with E-state index in [1.54, 1.807) is 13.8 Å². The zero-order valence-electron chi connectivity index (χ0n) is 14.4. The molecule has 0 spiro atoms. The van der Waals surface area contributed by atoms with E-state index in [1.165, 1.54) is 0 Å². The van der Waals surface area contributed by atoms with Crippen LogP contribution in [0, 0.1) is 25.7 Å². The fraction of sp³-hybridized carbons (Fsp3) is 0.588. The summed E-state index contributed by atoms with van der Waals surface area (Å²) in [7, 11) is 0. The largest absolute Gasteiger partial charge is 0.477 e. The molecular weight excluding hydrogens is 369 g/mol. The van der Waals surface area contributed by atoms with Gasteiger partial charge in [-0.15, -0.1) is 11.3 Å². The van der Waals surface area contributed by atoms with Crippen LogP contribution in [0.15, 0.2) is 0 Å². The summed E-state index contributed by atoms with van der Waals surface area (Å²) in [6.45, 7) is 3.65. The molecule has 0 aromatic carbocycles. The molecule has 2 heterocycles. The number of hydrogen-bond donors (Lipinski definition) is 1. The summed E-state index contributed by atoms with van der Waals surface area (Å²) in [5.74, 6) is -1.43. The molecule has 1 saturated carbocycles. The van der Waals surface area contributed by atoms with E-state index in [-0.39, 0.29) is 30.2 Å². The summed E-state index contributed by atoms with van der Waals surface area (Å²) in [6.07, 6.45) is -2.96. The average Bonchev–Trinajstić information content (AvgIpc) is 2.89. The number of rotatable bonds is 4. The van der Waals surface area contributed by atoms with E-state index in [4.69, 9.17) is 4.74 Å². The van der Waals surface area contributed by atoms with E-state index >= 15 is 0 Å². The van der Waals surface area contributed by atoms with Crippen LogP contribution in [0.2, 0.25) is 0 Å². The lowest BCUT2D eigenvalue weighted by atomic mass is 9.82. The number of aromatic carboxylic acids is 1. The number of fused-ring (bicyclic) bond motifs is 1. The van der Waals surface area contributed by atoms with Crippen LogP contribution in [0.3, 0.4) is 0 Å². The second kappa shape index (κ2) is 7.02. The van der Waals surface area contributed by atoms with Crippen LogP contribution in [-0.2, 0) is 0 Å². The van der Waals surface area contributed by atoms with Gasteiger partial charge in [-0.05, 0) is 51.0 Å². The van der Waals surface area contributed by atoms with Crippen LogP contribution in [0.1, 0.15) is 46.7 Å². The number of aromatic nitrogens is 2. The molecule has 142 valence electrons. The third kappa shape index (κ3) is 3.77. The van der Waals surface area contributed by atoms with Crippen molar-refractivity contribution < 1.29 is 27.8 Å². The number of alkyl halides is 3. The smallest absolute Gasteiger partial charge is 0.391 e. The summed E-state index contributed by atoms with van der Waals surface area (Å²) >= 11 is 1.07. The predicted octanol–water partition coefficient (Wildman–Crippen LogP) is 4.75. The van der Waals surface area contributed by atoms with Crippen LogP contribution >= 0.6 is 11.3 Å². The Morgan fingerprint density at radius 3 is 2.46 bits per heavy atom. The van der Waals surface area contributed by atoms with Gasteiger partial charge in [0.2, 0.25) is 5.88 Å². The summed E-state index contributed by atoms with van der Waals surface area (Å²) in [5.41, 5.74) is 0.549. The second-order valence-corrected chi connectivity index (χ2v) is 7.69. The van der Waals surface area contributed by atoms with E-state index < -0.39 is 18.1 Å². The summed E-state index contributed by atoms with van der Waals surface area (Å²) in [6, 6.07) is 0. The minimum absolute atomic E-state index is 0.0387. The van der Waals surface area contributed by atoms with Crippen LogP contribution < -0.4 is 4.74 Å². The van der Waals surface area contributed by atoms with Gasteiger partial charge < -0.3 is 9.84 Å². The monoisotopic (exact) mass is 388 g/mol. The van der Waals surface area contributed by atoms with Crippen molar-refractivity contribution >= 4 is 27.5 Å². The number of aryl methyl sites for hydroxylation is 2. The maximum atomic E-state index is 12.8. The highest BCUT2D eigenvalue weighted by Gasteiger charge is 2.41. The van der Waals surface area contributed by atoms with Gasteiger partial charge in [-0.1, -0.05) is 0 Å². The Kier molecular flexibility index (Phi) is 5.09. The Balaban J connectivity index is 1.74. The van der Waals surface area contributed by atoms with E-state index in [2.05, 4.69) is 9.97 Å². The number of carboxylic acids is 1. The van der Waals surface area contributed by atoms with Crippen molar-refractivity contribution in [2.45, 2.75) is 45.7 Å². The first kappa shape index (κ1) is 18.9. The molecule has 2 aromatic heterocycles. The van der Waals surface area contributed by atoms with Gasteiger partial charge in [-0.3, -0.25) is 0 Å². The molecule has 0 saturated heterocycles. The molecule has 0 radical (unpaired) electrons. The summed E-state index contributed by atoms with van der Waals surface area (Å²) in [4.78, 5) is 20.6. The van der Waals surface area contributed by atoms with Crippen molar-refractivity contribution in [3.8, 4) is 5.88 Å². The van der Waals surface area contributed by atoms with Gasteiger partial charge in [0.15, 0.2) is 0 Å². The Morgan fingerprint density at radius 2 is 1.88 bits per heavy atom. The number of halogens is 3. The standard InChI is InChI=1S/C17H19F3N2O3S/c1-8-12-14(21-9(2)22-15(12)26-13(8)16(23)24)25-7-10-3-5-11(6-4-10)17(18,19)20/h10-11H,3-7H2,1-2H3,(H,23,24). The molecule has 3 rings (SSSR count).